The number of hydrogen-bond donors (Lipinski definition) is 0. The summed E-state index contributed by atoms with van der Waals surface area (Å²) in [5.74, 6) is 1.16. The number of hydrogen-bond acceptors (Lipinski definition) is 4. The third-order valence-corrected chi connectivity index (χ3v) is 2.17. The summed E-state index contributed by atoms with van der Waals surface area (Å²) in [4.78, 5) is 0. The maximum atomic E-state index is 5.91. The second-order valence-corrected chi connectivity index (χ2v) is 3.36. The van der Waals surface area contributed by atoms with Gasteiger partial charge in [0.25, 0.3) is 5.88 Å². The van der Waals surface area contributed by atoms with Gasteiger partial charge in [-0.25, -0.2) is 0 Å². The fraction of sp³-hybridized carbons (Fsp3) is 0.200. The van der Waals surface area contributed by atoms with E-state index in [0.717, 1.165) is 11.5 Å². The van der Waals surface area contributed by atoms with Crippen LogP contribution in [0.25, 0.3) is 0 Å². The third-order valence-electron chi connectivity index (χ3n) is 1.90. The number of nitrogens with zero attached hydrogens (tertiary/aromatic N) is 2. The first-order valence-corrected chi connectivity index (χ1v) is 4.76. The summed E-state index contributed by atoms with van der Waals surface area (Å²) in [5.41, 5.74) is 0.746. The van der Waals surface area contributed by atoms with E-state index in [9.17, 15) is 0 Å². The summed E-state index contributed by atoms with van der Waals surface area (Å²) in [6.45, 7) is 0. The summed E-state index contributed by atoms with van der Waals surface area (Å²) in [5, 5.41) is 8.25. The highest BCUT2D eigenvalue weighted by Gasteiger charge is 2.06. The van der Waals surface area contributed by atoms with Gasteiger partial charge in [0.1, 0.15) is 10.8 Å². The van der Waals surface area contributed by atoms with Gasteiger partial charge in [0.2, 0.25) is 0 Å². The first-order valence-electron chi connectivity index (χ1n) is 4.38. The summed E-state index contributed by atoms with van der Waals surface area (Å²) in [6, 6.07) is 5.42. The van der Waals surface area contributed by atoms with E-state index in [0.29, 0.717) is 17.3 Å². The molecule has 2 rings (SSSR count). The highest BCUT2D eigenvalue weighted by molar-refractivity contribution is 6.31. The van der Waals surface area contributed by atoms with Crippen molar-refractivity contribution in [2.75, 3.05) is 7.11 Å². The molecule has 0 aromatic carbocycles. The molecule has 0 bridgehead atoms. The lowest BCUT2D eigenvalue weighted by atomic mass is 10.2. The lowest BCUT2D eigenvalue weighted by Gasteiger charge is -2.02. The third kappa shape index (κ3) is 2.27. The highest BCUT2D eigenvalue weighted by Crippen LogP contribution is 2.21. The van der Waals surface area contributed by atoms with Gasteiger partial charge >= 0.3 is 0 Å². The van der Waals surface area contributed by atoms with Crippen molar-refractivity contribution in [2.24, 2.45) is 0 Å². The van der Waals surface area contributed by atoms with Gasteiger partial charge in [0.05, 0.1) is 25.5 Å². The minimum absolute atomic E-state index is 0.333. The van der Waals surface area contributed by atoms with Crippen LogP contribution in [0.3, 0.4) is 0 Å². The van der Waals surface area contributed by atoms with Crippen LogP contribution in [-0.2, 0) is 6.42 Å². The zero-order chi connectivity index (χ0) is 10.7. The largest absolute Gasteiger partial charge is 0.479 e. The predicted octanol–water partition coefficient (Wildman–Crippen LogP) is 2.32. The van der Waals surface area contributed by atoms with Gasteiger partial charge in [0, 0.05) is 0 Å². The van der Waals surface area contributed by atoms with Crippen LogP contribution < -0.4 is 4.74 Å². The van der Waals surface area contributed by atoms with Gasteiger partial charge in [0.15, 0.2) is 0 Å². The van der Waals surface area contributed by atoms with E-state index in [1.807, 2.05) is 12.1 Å². The number of rotatable bonds is 3. The van der Waals surface area contributed by atoms with Gasteiger partial charge in [-0.3, -0.25) is 0 Å². The first kappa shape index (κ1) is 9.98. The molecule has 2 aromatic heterocycles. The van der Waals surface area contributed by atoms with E-state index in [-0.39, 0.29) is 0 Å². The molecule has 0 unspecified atom stereocenters. The number of aromatic nitrogens is 2. The standard InChI is InChI=1S/C10H9ClN2O2/c1-14-10-9(11)6-7(12-13-10)5-8-3-2-4-15-8/h2-4,6H,5H2,1H3. The number of halogens is 1. The Morgan fingerprint density at radius 1 is 1.47 bits per heavy atom. The Bertz CT molecular complexity index is 443. The minimum atomic E-state index is 0.333. The van der Waals surface area contributed by atoms with Gasteiger partial charge in [-0.05, 0) is 18.2 Å². The number of furan rings is 1. The predicted molar refractivity (Wildman–Crippen MR) is 55.1 cm³/mol. The quantitative estimate of drug-likeness (QED) is 0.803. The van der Waals surface area contributed by atoms with E-state index in [4.69, 9.17) is 20.8 Å². The molecule has 78 valence electrons. The fourth-order valence-corrected chi connectivity index (χ4v) is 1.45. The Hall–Kier alpha value is -1.55. The molecule has 0 fully saturated rings. The first-order chi connectivity index (χ1) is 7.29. The Morgan fingerprint density at radius 2 is 2.33 bits per heavy atom. The van der Waals surface area contributed by atoms with E-state index >= 15 is 0 Å². The average Bonchev–Trinajstić information content (AvgIpc) is 2.71. The second-order valence-electron chi connectivity index (χ2n) is 2.95. The van der Waals surface area contributed by atoms with E-state index in [1.54, 1.807) is 12.3 Å². The molecular formula is C10H9ClN2O2. The molecule has 5 heteroatoms. The van der Waals surface area contributed by atoms with Crippen molar-refractivity contribution >= 4 is 11.6 Å². The Balaban J connectivity index is 2.20. The fourth-order valence-electron chi connectivity index (χ4n) is 1.21. The van der Waals surface area contributed by atoms with E-state index < -0.39 is 0 Å². The normalized spacial score (nSPS) is 10.3. The van der Waals surface area contributed by atoms with Crippen LogP contribution in [0.2, 0.25) is 5.02 Å². The maximum Gasteiger partial charge on any atom is 0.252 e. The smallest absolute Gasteiger partial charge is 0.252 e. The number of methoxy groups -OCH3 is 1. The topological polar surface area (TPSA) is 48.2 Å². The van der Waals surface area contributed by atoms with Crippen molar-refractivity contribution in [1.29, 1.82) is 0 Å². The molecule has 2 heterocycles. The van der Waals surface area contributed by atoms with Crippen LogP contribution in [0, 0.1) is 0 Å². The average molecular weight is 225 g/mol. The molecule has 0 atom stereocenters. The lowest BCUT2D eigenvalue weighted by molar-refractivity contribution is 0.391. The molecule has 0 amide bonds. The number of ether oxygens (including phenoxy) is 1. The molecule has 0 radical (unpaired) electrons. The molecular weight excluding hydrogens is 216 g/mol. The van der Waals surface area contributed by atoms with E-state index in [2.05, 4.69) is 10.2 Å². The lowest BCUT2D eigenvalue weighted by Crippen LogP contribution is -1.97. The van der Waals surface area contributed by atoms with Gasteiger partial charge in [-0.2, -0.15) is 5.10 Å². The van der Waals surface area contributed by atoms with Crippen LogP contribution in [0.15, 0.2) is 28.9 Å². The Labute approximate surface area is 91.8 Å². The second kappa shape index (κ2) is 4.31. The van der Waals surface area contributed by atoms with Crippen LogP contribution in [0.1, 0.15) is 11.5 Å². The summed E-state index contributed by atoms with van der Waals surface area (Å²) in [7, 11) is 1.50. The SMILES string of the molecule is COc1nnc(Cc2ccco2)cc1Cl. The highest BCUT2D eigenvalue weighted by atomic mass is 35.5. The van der Waals surface area contributed by atoms with Gasteiger partial charge in [-0.15, -0.1) is 5.10 Å². The Kier molecular flexibility index (Phi) is 2.87. The van der Waals surface area contributed by atoms with Crippen molar-refractivity contribution in [3.63, 3.8) is 0 Å². The van der Waals surface area contributed by atoms with Crippen LogP contribution in [-0.4, -0.2) is 17.3 Å². The molecule has 0 saturated heterocycles. The van der Waals surface area contributed by atoms with Crippen molar-refractivity contribution in [2.45, 2.75) is 6.42 Å². The van der Waals surface area contributed by atoms with Crippen LogP contribution in [0.5, 0.6) is 5.88 Å². The molecule has 0 spiro atoms. The molecule has 2 aromatic rings. The van der Waals surface area contributed by atoms with Gasteiger partial charge in [-0.1, -0.05) is 11.6 Å². The van der Waals surface area contributed by atoms with Crippen molar-refractivity contribution in [3.8, 4) is 5.88 Å². The molecule has 0 aliphatic heterocycles. The molecule has 0 saturated carbocycles. The van der Waals surface area contributed by atoms with Crippen LogP contribution >= 0.6 is 11.6 Å². The van der Waals surface area contributed by atoms with Crippen LogP contribution in [0.4, 0.5) is 0 Å². The molecule has 15 heavy (non-hydrogen) atoms. The van der Waals surface area contributed by atoms with Crippen molar-refractivity contribution in [1.82, 2.24) is 10.2 Å². The summed E-state index contributed by atoms with van der Waals surface area (Å²) in [6.07, 6.45) is 2.19. The monoisotopic (exact) mass is 224 g/mol. The molecule has 0 aliphatic carbocycles. The summed E-state index contributed by atoms with van der Waals surface area (Å²) < 4.78 is 10.1. The van der Waals surface area contributed by atoms with Gasteiger partial charge < -0.3 is 9.15 Å². The molecule has 0 N–H and O–H groups in total. The van der Waals surface area contributed by atoms with Crippen molar-refractivity contribution in [3.05, 3.63) is 40.9 Å². The minimum Gasteiger partial charge on any atom is -0.479 e. The van der Waals surface area contributed by atoms with E-state index in [1.165, 1.54) is 7.11 Å². The summed E-state index contributed by atoms with van der Waals surface area (Å²) >= 11 is 5.91. The molecule has 4 nitrogen and oxygen atoms in total. The zero-order valence-corrected chi connectivity index (χ0v) is 8.86. The Morgan fingerprint density at radius 3 is 2.93 bits per heavy atom. The van der Waals surface area contributed by atoms with Crippen molar-refractivity contribution < 1.29 is 9.15 Å². The zero-order valence-electron chi connectivity index (χ0n) is 8.11. The maximum absolute atomic E-state index is 5.91. The molecule has 0 aliphatic rings.